The molecule has 4 heteroatoms. The SMILES string of the molecule is CCC(CC)NC(=O)C[n+]1cccc(C(C)=O)c1. The van der Waals surface area contributed by atoms with Gasteiger partial charge in [-0.1, -0.05) is 13.8 Å². The van der Waals surface area contributed by atoms with Crippen molar-refractivity contribution in [2.45, 2.75) is 46.2 Å². The average molecular weight is 249 g/mol. The Balaban J connectivity index is 2.64. The predicted molar refractivity (Wildman–Crippen MR) is 69.2 cm³/mol. The van der Waals surface area contributed by atoms with Crippen LogP contribution in [0.3, 0.4) is 0 Å². The topological polar surface area (TPSA) is 50.1 Å². The number of Topliss-reactive ketones (excluding diaryl/α,β-unsaturated/α-hetero) is 1. The Kier molecular flexibility index (Phi) is 5.49. The van der Waals surface area contributed by atoms with Gasteiger partial charge in [-0.15, -0.1) is 0 Å². The van der Waals surface area contributed by atoms with Crippen LogP contribution >= 0.6 is 0 Å². The molecule has 0 saturated carbocycles. The lowest BCUT2D eigenvalue weighted by Gasteiger charge is -2.13. The smallest absolute Gasteiger partial charge is 0.286 e. The van der Waals surface area contributed by atoms with E-state index >= 15 is 0 Å². The van der Waals surface area contributed by atoms with Gasteiger partial charge in [-0.2, -0.15) is 4.57 Å². The van der Waals surface area contributed by atoms with Crippen molar-refractivity contribution < 1.29 is 14.2 Å². The van der Waals surface area contributed by atoms with Gasteiger partial charge in [0.05, 0.1) is 5.56 Å². The van der Waals surface area contributed by atoms with Crippen molar-refractivity contribution >= 4 is 11.7 Å². The van der Waals surface area contributed by atoms with Gasteiger partial charge < -0.3 is 5.32 Å². The van der Waals surface area contributed by atoms with Crippen LogP contribution in [0.2, 0.25) is 0 Å². The van der Waals surface area contributed by atoms with E-state index in [1.54, 1.807) is 29.1 Å². The molecule has 0 spiro atoms. The van der Waals surface area contributed by atoms with Gasteiger partial charge in [0.2, 0.25) is 6.54 Å². The van der Waals surface area contributed by atoms with Crippen molar-refractivity contribution in [2.24, 2.45) is 0 Å². The molecule has 1 aromatic heterocycles. The molecular weight excluding hydrogens is 228 g/mol. The first-order chi connectivity index (χ1) is 8.56. The largest absolute Gasteiger partial charge is 0.348 e. The Morgan fingerprint density at radius 3 is 2.56 bits per heavy atom. The molecule has 1 amide bonds. The minimum atomic E-state index is -0.0191. The number of aromatic nitrogens is 1. The van der Waals surface area contributed by atoms with Gasteiger partial charge in [-0.3, -0.25) is 9.59 Å². The fraction of sp³-hybridized carbons (Fsp3) is 0.500. The highest BCUT2D eigenvalue weighted by Gasteiger charge is 2.14. The van der Waals surface area contributed by atoms with E-state index in [0.29, 0.717) is 5.56 Å². The Bertz CT molecular complexity index is 426. The fourth-order valence-electron chi connectivity index (χ4n) is 1.76. The molecule has 1 aromatic rings. The maximum atomic E-state index is 11.8. The molecule has 0 fully saturated rings. The molecule has 0 aromatic carbocycles. The monoisotopic (exact) mass is 249 g/mol. The lowest BCUT2D eigenvalue weighted by molar-refractivity contribution is -0.684. The van der Waals surface area contributed by atoms with Gasteiger partial charge in [-0.25, -0.2) is 0 Å². The lowest BCUT2D eigenvalue weighted by atomic mass is 10.2. The summed E-state index contributed by atoms with van der Waals surface area (Å²) in [6, 6.07) is 3.76. The molecule has 0 radical (unpaired) electrons. The molecule has 0 aliphatic rings. The van der Waals surface area contributed by atoms with E-state index in [-0.39, 0.29) is 24.3 Å². The van der Waals surface area contributed by atoms with Crippen LogP contribution in [0.5, 0.6) is 0 Å². The Labute approximate surface area is 108 Å². The first kappa shape index (κ1) is 14.4. The number of hydrogen-bond acceptors (Lipinski definition) is 2. The van der Waals surface area contributed by atoms with E-state index in [9.17, 15) is 9.59 Å². The van der Waals surface area contributed by atoms with Gasteiger partial charge in [0.1, 0.15) is 0 Å². The number of pyridine rings is 1. The van der Waals surface area contributed by atoms with E-state index in [2.05, 4.69) is 19.2 Å². The maximum Gasteiger partial charge on any atom is 0.286 e. The van der Waals surface area contributed by atoms with Crippen LogP contribution in [0.1, 0.15) is 44.0 Å². The average Bonchev–Trinajstić information content (AvgIpc) is 2.36. The van der Waals surface area contributed by atoms with E-state index in [4.69, 9.17) is 0 Å². The van der Waals surface area contributed by atoms with Crippen LogP contribution in [0.15, 0.2) is 24.5 Å². The summed E-state index contributed by atoms with van der Waals surface area (Å²) in [6.45, 7) is 5.87. The standard InChI is InChI=1S/C14H20N2O2/c1-4-13(5-2)15-14(18)10-16-8-6-7-12(9-16)11(3)17/h6-9,13H,4-5,10H2,1-3H3/p+1. The minimum Gasteiger partial charge on any atom is -0.348 e. The third kappa shape index (κ3) is 4.28. The Morgan fingerprint density at radius 2 is 2.00 bits per heavy atom. The molecule has 4 nitrogen and oxygen atoms in total. The van der Waals surface area contributed by atoms with Crippen LogP contribution in [0, 0.1) is 0 Å². The third-order valence-corrected chi connectivity index (χ3v) is 2.94. The highest BCUT2D eigenvalue weighted by Crippen LogP contribution is 1.97. The lowest BCUT2D eigenvalue weighted by Crippen LogP contribution is -2.45. The number of nitrogens with one attached hydrogen (secondary N) is 1. The summed E-state index contributed by atoms with van der Waals surface area (Å²) in [6.07, 6.45) is 5.36. The summed E-state index contributed by atoms with van der Waals surface area (Å²) in [4.78, 5) is 23.0. The van der Waals surface area contributed by atoms with Crippen molar-refractivity contribution in [2.75, 3.05) is 0 Å². The van der Waals surface area contributed by atoms with Gasteiger partial charge in [0.15, 0.2) is 18.2 Å². The molecule has 1 rings (SSSR count). The number of nitrogens with zero attached hydrogens (tertiary/aromatic N) is 1. The Hall–Kier alpha value is -1.71. The van der Waals surface area contributed by atoms with Crippen molar-refractivity contribution in [3.8, 4) is 0 Å². The highest BCUT2D eigenvalue weighted by molar-refractivity contribution is 5.93. The molecule has 0 aliphatic carbocycles. The molecule has 0 unspecified atom stereocenters. The van der Waals surface area contributed by atoms with E-state index < -0.39 is 0 Å². The molecule has 98 valence electrons. The first-order valence-corrected chi connectivity index (χ1v) is 6.36. The van der Waals surface area contributed by atoms with Crippen LogP contribution in [-0.4, -0.2) is 17.7 Å². The van der Waals surface area contributed by atoms with Crippen LogP contribution < -0.4 is 9.88 Å². The molecule has 0 atom stereocenters. The summed E-state index contributed by atoms with van der Waals surface area (Å²) in [7, 11) is 0. The summed E-state index contributed by atoms with van der Waals surface area (Å²) in [5.74, 6) is -0.0147. The van der Waals surface area contributed by atoms with Gasteiger partial charge in [0, 0.05) is 12.1 Å². The fourth-order valence-corrected chi connectivity index (χ4v) is 1.76. The second-order valence-electron chi connectivity index (χ2n) is 4.40. The first-order valence-electron chi connectivity index (χ1n) is 6.36. The quantitative estimate of drug-likeness (QED) is 0.613. The molecular formula is C14H21N2O2+. The third-order valence-electron chi connectivity index (χ3n) is 2.94. The van der Waals surface area contributed by atoms with Gasteiger partial charge in [0.25, 0.3) is 5.91 Å². The molecule has 18 heavy (non-hydrogen) atoms. The molecule has 1 N–H and O–H groups in total. The van der Waals surface area contributed by atoms with Crippen LogP contribution in [-0.2, 0) is 11.3 Å². The van der Waals surface area contributed by atoms with Crippen molar-refractivity contribution in [1.29, 1.82) is 0 Å². The summed E-state index contributed by atoms with van der Waals surface area (Å²) >= 11 is 0. The van der Waals surface area contributed by atoms with Crippen LogP contribution in [0.25, 0.3) is 0 Å². The zero-order valence-electron chi connectivity index (χ0n) is 11.3. The van der Waals surface area contributed by atoms with E-state index in [1.165, 1.54) is 6.92 Å². The van der Waals surface area contributed by atoms with E-state index in [0.717, 1.165) is 12.8 Å². The second kappa shape index (κ2) is 6.89. The highest BCUT2D eigenvalue weighted by atomic mass is 16.2. The predicted octanol–water partition coefficient (Wildman–Crippen LogP) is 1.48. The summed E-state index contributed by atoms with van der Waals surface area (Å²) in [5.41, 5.74) is 0.618. The maximum absolute atomic E-state index is 11.8. The van der Waals surface area contributed by atoms with Crippen molar-refractivity contribution in [3.63, 3.8) is 0 Å². The summed E-state index contributed by atoms with van der Waals surface area (Å²) in [5, 5.41) is 2.97. The number of hydrogen-bond donors (Lipinski definition) is 1. The van der Waals surface area contributed by atoms with Gasteiger partial charge >= 0.3 is 0 Å². The molecule has 0 bridgehead atoms. The summed E-state index contributed by atoms with van der Waals surface area (Å²) < 4.78 is 1.73. The molecule has 0 saturated heterocycles. The molecule has 0 aliphatic heterocycles. The van der Waals surface area contributed by atoms with E-state index in [1.807, 2.05) is 0 Å². The van der Waals surface area contributed by atoms with Crippen molar-refractivity contribution in [3.05, 3.63) is 30.1 Å². The van der Waals surface area contributed by atoms with Crippen LogP contribution in [0.4, 0.5) is 0 Å². The van der Waals surface area contributed by atoms with Gasteiger partial charge in [-0.05, 0) is 25.8 Å². The normalized spacial score (nSPS) is 10.4. The zero-order chi connectivity index (χ0) is 13.5. The minimum absolute atomic E-state index is 0.00440. The second-order valence-corrected chi connectivity index (χ2v) is 4.40. The number of amides is 1. The number of ketones is 1. The number of carbonyl (C=O) groups is 2. The zero-order valence-corrected chi connectivity index (χ0v) is 11.3. The number of rotatable bonds is 6. The Morgan fingerprint density at radius 1 is 1.33 bits per heavy atom. The molecule has 1 heterocycles. The van der Waals surface area contributed by atoms with Crippen molar-refractivity contribution in [1.82, 2.24) is 5.32 Å². The number of carbonyl (C=O) groups excluding carboxylic acids is 2.